The summed E-state index contributed by atoms with van der Waals surface area (Å²) in [5, 5.41) is 9.19. The van der Waals surface area contributed by atoms with Crippen LogP contribution in [0.3, 0.4) is 0 Å². The van der Waals surface area contributed by atoms with E-state index in [1.165, 1.54) is 0 Å². The third-order valence-corrected chi connectivity index (χ3v) is 0.750. The molecular weight excluding hydrogens is 92.1 g/mol. The fourth-order valence-corrected chi connectivity index (χ4v) is 0.453. The zero-order chi connectivity index (χ0) is 4.24. The van der Waals surface area contributed by atoms with Gasteiger partial charge in [-0.05, 0) is 0 Å². The summed E-state index contributed by atoms with van der Waals surface area (Å²) in [5.74, 6) is 0. The Bertz CT molecular complexity index is 22.4. The van der Waals surface area contributed by atoms with Gasteiger partial charge in [-0.15, -0.1) is 0 Å². The molecule has 0 saturated carbocycles. The monoisotopic (exact) mass is 104 g/mol. The van der Waals surface area contributed by atoms with Gasteiger partial charge in [0.25, 0.3) is 0 Å². The van der Waals surface area contributed by atoms with Crippen molar-refractivity contribution in [1.82, 2.24) is 22.1 Å². The molecule has 0 aromatic rings. The van der Waals surface area contributed by atoms with Crippen LogP contribution in [0.2, 0.25) is 0 Å². The van der Waals surface area contributed by atoms with Crippen LogP contribution in [0, 0.1) is 0 Å². The van der Waals surface area contributed by atoms with Crippen molar-refractivity contribution < 1.29 is 0 Å². The molecule has 0 unspecified atom stereocenters. The third-order valence-electron chi connectivity index (χ3n) is 0.750. The van der Waals surface area contributed by atoms with Gasteiger partial charge < -0.3 is 6.15 Å². The molecule has 0 radical (unpaired) electrons. The van der Waals surface area contributed by atoms with E-state index >= 15 is 0 Å². The average Bonchev–Trinajstić information content (AvgIpc) is 1.72. The second-order valence-corrected chi connectivity index (χ2v) is 1.28. The largest absolute Gasteiger partial charge is 0.344 e. The number of nitrogens with one attached hydrogen (secondary N) is 3. The fourth-order valence-electron chi connectivity index (χ4n) is 0.453. The van der Waals surface area contributed by atoms with Crippen molar-refractivity contribution in [2.75, 3.05) is 20.0 Å². The Morgan fingerprint density at radius 2 is 1.00 bits per heavy atom. The summed E-state index contributed by atoms with van der Waals surface area (Å²) in [7, 11) is 0. The lowest BCUT2D eigenvalue weighted by atomic mass is 10.8. The van der Waals surface area contributed by atoms with Crippen molar-refractivity contribution in [2.24, 2.45) is 0 Å². The topological polar surface area (TPSA) is 71.1 Å². The average molecular weight is 104 g/mol. The van der Waals surface area contributed by atoms with Crippen LogP contribution in [0.5, 0.6) is 0 Å². The Morgan fingerprint density at radius 3 is 1.14 bits per heavy atom. The molecule has 0 amide bonds. The van der Waals surface area contributed by atoms with Crippen LogP contribution in [0.4, 0.5) is 0 Å². The predicted molar refractivity (Wildman–Crippen MR) is 29.0 cm³/mol. The minimum Gasteiger partial charge on any atom is -0.344 e. The first-order chi connectivity index (χ1) is 3.00. The van der Waals surface area contributed by atoms with Crippen molar-refractivity contribution in [3.63, 3.8) is 0 Å². The van der Waals surface area contributed by atoms with E-state index in [-0.39, 0.29) is 6.15 Å². The van der Waals surface area contributed by atoms with Crippen LogP contribution in [0.1, 0.15) is 0 Å². The highest BCUT2D eigenvalue weighted by Crippen LogP contribution is 1.56. The molecule has 0 aromatic heterocycles. The van der Waals surface area contributed by atoms with Crippen LogP contribution in [-0.4, -0.2) is 20.0 Å². The Hall–Kier alpha value is -0.160. The maximum Gasteiger partial charge on any atom is 0.0474 e. The fraction of sp³-hybridized carbons (Fsp3) is 1.00. The van der Waals surface area contributed by atoms with Gasteiger partial charge in [-0.3, -0.25) is 16.0 Å². The van der Waals surface area contributed by atoms with Crippen molar-refractivity contribution >= 4 is 0 Å². The summed E-state index contributed by atoms with van der Waals surface area (Å²) >= 11 is 0. The minimum absolute atomic E-state index is 0. The smallest absolute Gasteiger partial charge is 0.0474 e. The van der Waals surface area contributed by atoms with E-state index < -0.39 is 0 Å². The first kappa shape index (κ1) is 6.84. The molecule has 0 aromatic carbocycles. The molecule has 1 aliphatic rings. The minimum atomic E-state index is 0. The lowest BCUT2D eigenvalue weighted by molar-refractivity contribution is 0.443. The van der Waals surface area contributed by atoms with E-state index in [2.05, 4.69) is 16.0 Å². The number of hydrogen-bond acceptors (Lipinski definition) is 4. The zero-order valence-electron chi connectivity index (χ0n) is 4.33. The van der Waals surface area contributed by atoms with Crippen LogP contribution in [0.15, 0.2) is 0 Å². The quantitative estimate of drug-likeness (QED) is 0.311. The maximum atomic E-state index is 3.06. The van der Waals surface area contributed by atoms with Crippen LogP contribution in [-0.2, 0) is 0 Å². The van der Waals surface area contributed by atoms with Crippen molar-refractivity contribution in [1.29, 1.82) is 0 Å². The van der Waals surface area contributed by atoms with E-state index in [1.807, 2.05) is 0 Å². The molecule has 1 aliphatic heterocycles. The van der Waals surface area contributed by atoms with Gasteiger partial charge in [0.05, 0.1) is 0 Å². The SMILES string of the molecule is C1NCNCN1.N. The third kappa shape index (κ3) is 2.52. The molecule has 0 aliphatic carbocycles. The highest BCUT2D eigenvalue weighted by Gasteiger charge is 1.89. The number of rotatable bonds is 0. The highest BCUT2D eigenvalue weighted by molar-refractivity contribution is 4.49. The second-order valence-electron chi connectivity index (χ2n) is 1.28. The van der Waals surface area contributed by atoms with Gasteiger partial charge in [0.1, 0.15) is 0 Å². The molecule has 1 saturated heterocycles. The van der Waals surface area contributed by atoms with Gasteiger partial charge in [-0.25, -0.2) is 0 Å². The number of hydrogen-bond donors (Lipinski definition) is 4. The molecule has 1 rings (SSSR count). The molecule has 0 atom stereocenters. The lowest BCUT2D eigenvalue weighted by Gasteiger charge is -2.13. The van der Waals surface area contributed by atoms with E-state index in [1.54, 1.807) is 0 Å². The molecule has 4 nitrogen and oxygen atoms in total. The first-order valence-corrected chi connectivity index (χ1v) is 2.12. The van der Waals surface area contributed by atoms with Crippen LogP contribution < -0.4 is 22.1 Å². The Kier molecular flexibility index (Phi) is 3.92. The molecule has 44 valence electrons. The molecule has 6 N–H and O–H groups in total. The summed E-state index contributed by atoms with van der Waals surface area (Å²) < 4.78 is 0. The Labute approximate surface area is 43.2 Å². The van der Waals surface area contributed by atoms with E-state index in [9.17, 15) is 0 Å². The first-order valence-electron chi connectivity index (χ1n) is 2.12. The van der Waals surface area contributed by atoms with Crippen molar-refractivity contribution in [3.05, 3.63) is 0 Å². The summed E-state index contributed by atoms with van der Waals surface area (Å²) in [4.78, 5) is 0. The molecule has 1 heterocycles. The maximum absolute atomic E-state index is 3.06. The van der Waals surface area contributed by atoms with Gasteiger partial charge in [-0.1, -0.05) is 0 Å². The van der Waals surface area contributed by atoms with E-state index in [0.29, 0.717) is 0 Å². The lowest BCUT2D eigenvalue weighted by Crippen LogP contribution is -2.47. The Morgan fingerprint density at radius 1 is 0.714 bits per heavy atom. The van der Waals surface area contributed by atoms with Crippen LogP contribution in [0.25, 0.3) is 0 Å². The van der Waals surface area contributed by atoms with Crippen molar-refractivity contribution in [3.8, 4) is 0 Å². The van der Waals surface area contributed by atoms with Gasteiger partial charge in [-0.2, -0.15) is 0 Å². The summed E-state index contributed by atoms with van der Waals surface area (Å²) in [5.41, 5.74) is 0. The van der Waals surface area contributed by atoms with Gasteiger partial charge >= 0.3 is 0 Å². The molecule has 1 fully saturated rings. The van der Waals surface area contributed by atoms with E-state index in [0.717, 1.165) is 20.0 Å². The molecule has 0 spiro atoms. The molecule has 7 heavy (non-hydrogen) atoms. The normalized spacial score (nSPS) is 20.6. The zero-order valence-corrected chi connectivity index (χ0v) is 4.33. The van der Waals surface area contributed by atoms with Gasteiger partial charge in [0, 0.05) is 20.0 Å². The van der Waals surface area contributed by atoms with Gasteiger partial charge in [0.15, 0.2) is 0 Å². The summed E-state index contributed by atoms with van der Waals surface area (Å²) in [6.45, 7) is 2.81. The molecule has 0 bridgehead atoms. The van der Waals surface area contributed by atoms with Crippen molar-refractivity contribution in [2.45, 2.75) is 0 Å². The molecule has 4 heteroatoms. The van der Waals surface area contributed by atoms with Crippen LogP contribution >= 0.6 is 0 Å². The highest BCUT2D eigenvalue weighted by atomic mass is 15.2. The summed E-state index contributed by atoms with van der Waals surface area (Å²) in [6.07, 6.45) is 0. The Balaban J connectivity index is 0.000000360. The summed E-state index contributed by atoms with van der Waals surface area (Å²) in [6, 6.07) is 0. The molecular formula is C3H12N4. The second kappa shape index (κ2) is 4.01. The standard InChI is InChI=1S/C3H9N3.H3N/c1-4-2-6-3-5-1;/h4-6H,1-3H2;1H3. The van der Waals surface area contributed by atoms with E-state index in [4.69, 9.17) is 0 Å². The predicted octanol–water partition coefficient (Wildman–Crippen LogP) is -1.20. The van der Waals surface area contributed by atoms with Gasteiger partial charge in [0.2, 0.25) is 0 Å².